The van der Waals surface area contributed by atoms with Crippen molar-refractivity contribution in [2.75, 3.05) is 51.3 Å². The lowest BCUT2D eigenvalue weighted by Gasteiger charge is -2.39. The molecule has 0 unspecified atom stereocenters. The van der Waals surface area contributed by atoms with Gasteiger partial charge in [0, 0.05) is 69.9 Å². The number of piperazine rings is 1. The predicted octanol–water partition coefficient (Wildman–Crippen LogP) is 2.39. The van der Waals surface area contributed by atoms with Crippen LogP contribution in [0.3, 0.4) is 0 Å². The molecule has 2 aliphatic rings. The number of amides is 1. The molecule has 7 nitrogen and oxygen atoms in total. The van der Waals surface area contributed by atoms with Gasteiger partial charge in [-0.05, 0) is 31.7 Å². The van der Waals surface area contributed by atoms with E-state index >= 15 is 0 Å². The molecule has 1 aliphatic heterocycles. The molecular formula is C23H39N5O2. The van der Waals surface area contributed by atoms with Crippen molar-refractivity contribution < 1.29 is 9.53 Å². The summed E-state index contributed by atoms with van der Waals surface area (Å²) in [6.45, 7) is 14.1. The molecule has 2 heterocycles. The number of carbonyl (C=O) groups is 1. The number of carbonyl (C=O) groups excluding carboxylic acids is 1. The topological polar surface area (TPSA) is 70.6 Å². The minimum Gasteiger partial charge on any atom is -0.384 e. The number of aromatic nitrogens is 2. The molecule has 1 amide bonds. The molecule has 0 spiro atoms. The molecule has 0 aromatic carbocycles. The van der Waals surface area contributed by atoms with Crippen LogP contribution in [0.4, 0.5) is 5.82 Å². The van der Waals surface area contributed by atoms with Crippen LogP contribution in [0.5, 0.6) is 0 Å². The second-order valence-corrected chi connectivity index (χ2v) is 9.89. The van der Waals surface area contributed by atoms with Gasteiger partial charge >= 0.3 is 0 Å². The second-order valence-electron chi connectivity index (χ2n) is 9.89. The summed E-state index contributed by atoms with van der Waals surface area (Å²) < 4.78 is 5.25. The van der Waals surface area contributed by atoms with Crippen molar-refractivity contribution >= 4 is 11.7 Å². The average molecular weight is 418 g/mol. The van der Waals surface area contributed by atoms with Crippen LogP contribution in [0.2, 0.25) is 0 Å². The quantitative estimate of drug-likeness (QED) is 0.700. The molecule has 1 aromatic heterocycles. The van der Waals surface area contributed by atoms with E-state index in [1.807, 2.05) is 0 Å². The number of nitrogens with zero attached hydrogens (tertiary/aromatic N) is 4. The van der Waals surface area contributed by atoms with E-state index in [4.69, 9.17) is 14.7 Å². The first-order valence-electron chi connectivity index (χ1n) is 11.4. The lowest BCUT2D eigenvalue weighted by Crippen LogP contribution is -2.48. The van der Waals surface area contributed by atoms with E-state index in [2.05, 4.69) is 42.0 Å². The molecule has 1 aromatic rings. The first-order chi connectivity index (χ1) is 14.2. The number of hydrogen-bond acceptors (Lipinski definition) is 6. The number of ether oxygens (including phenoxy) is 1. The highest BCUT2D eigenvalue weighted by Crippen LogP contribution is 2.30. The SMILES string of the molecule is COCCc1cc(N2CCN(CC[C@H]3C[C@@H](NC(C)=O)C3)CC2)nc(C(C)(C)C)n1. The summed E-state index contributed by atoms with van der Waals surface area (Å²) in [5, 5.41) is 3.02. The van der Waals surface area contributed by atoms with Crippen molar-refractivity contribution in [2.24, 2.45) is 5.92 Å². The first kappa shape index (κ1) is 22.9. The zero-order valence-electron chi connectivity index (χ0n) is 19.4. The molecule has 0 atom stereocenters. The fourth-order valence-electron chi connectivity index (χ4n) is 4.26. The van der Waals surface area contributed by atoms with Crippen LogP contribution < -0.4 is 10.2 Å². The van der Waals surface area contributed by atoms with E-state index in [0.717, 1.165) is 75.2 Å². The Balaban J connectivity index is 1.50. The summed E-state index contributed by atoms with van der Waals surface area (Å²) in [4.78, 5) is 25.8. The third kappa shape index (κ3) is 6.38. The van der Waals surface area contributed by atoms with Crippen LogP contribution in [0.25, 0.3) is 0 Å². The average Bonchev–Trinajstić information content (AvgIpc) is 2.67. The third-order valence-corrected chi connectivity index (χ3v) is 6.19. The van der Waals surface area contributed by atoms with Gasteiger partial charge in [-0.2, -0.15) is 0 Å². The van der Waals surface area contributed by atoms with Crippen LogP contribution in [-0.4, -0.2) is 73.3 Å². The van der Waals surface area contributed by atoms with Crippen molar-refractivity contribution in [1.82, 2.24) is 20.2 Å². The molecule has 1 saturated carbocycles. The number of rotatable bonds is 8. The highest BCUT2D eigenvalue weighted by molar-refractivity contribution is 5.73. The van der Waals surface area contributed by atoms with Crippen molar-refractivity contribution in [3.05, 3.63) is 17.6 Å². The van der Waals surface area contributed by atoms with Gasteiger partial charge in [-0.25, -0.2) is 9.97 Å². The Morgan fingerprint density at radius 3 is 2.50 bits per heavy atom. The van der Waals surface area contributed by atoms with Crippen LogP contribution in [0.15, 0.2) is 6.07 Å². The molecule has 3 rings (SSSR count). The summed E-state index contributed by atoms with van der Waals surface area (Å²) in [7, 11) is 1.73. The van der Waals surface area contributed by atoms with Gasteiger partial charge in [0.25, 0.3) is 0 Å². The molecule has 0 radical (unpaired) electrons. The Morgan fingerprint density at radius 2 is 1.90 bits per heavy atom. The molecule has 7 heteroatoms. The van der Waals surface area contributed by atoms with Gasteiger partial charge in [0.15, 0.2) is 0 Å². The van der Waals surface area contributed by atoms with Crippen molar-refractivity contribution in [2.45, 2.75) is 64.8 Å². The standard InChI is InChI=1S/C23H39N5O2/c1-17(29)24-20-14-18(15-20)6-8-27-9-11-28(12-10-27)21-16-19(7-13-30-5)25-22(26-21)23(2,3)4/h16,18,20H,6-15H2,1-5H3,(H,24,29)/t18-,20+. The van der Waals surface area contributed by atoms with Crippen molar-refractivity contribution in [1.29, 1.82) is 0 Å². The maximum absolute atomic E-state index is 11.1. The van der Waals surface area contributed by atoms with Gasteiger partial charge in [-0.3, -0.25) is 9.69 Å². The van der Waals surface area contributed by atoms with Crippen LogP contribution in [-0.2, 0) is 21.4 Å². The highest BCUT2D eigenvalue weighted by Gasteiger charge is 2.30. The van der Waals surface area contributed by atoms with Crippen LogP contribution in [0.1, 0.15) is 58.5 Å². The molecule has 30 heavy (non-hydrogen) atoms. The van der Waals surface area contributed by atoms with Crippen molar-refractivity contribution in [3.8, 4) is 0 Å². The summed E-state index contributed by atoms with van der Waals surface area (Å²) in [5.74, 6) is 2.82. The van der Waals surface area contributed by atoms with Crippen molar-refractivity contribution in [3.63, 3.8) is 0 Å². The maximum atomic E-state index is 11.1. The molecule has 1 saturated heterocycles. The Morgan fingerprint density at radius 1 is 1.20 bits per heavy atom. The molecule has 1 N–H and O–H groups in total. The number of methoxy groups -OCH3 is 1. The van der Waals surface area contributed by atoms with Gasteiger partial charge < -0.3 is 15.0 Å². The second kappa shape index (κ2) is 10.1. The predicted molar refractivity (Wildman–Crippen MR) is 120 cm³/mol. The van der Waals surface area contributed by atoms with E-state index in [0.29, 0.717) is 12.6 Å². The van der Waals surface area contributed by atoms with Crippen LogP contribution >= 0.6 is 0 Å². The zero-order chi connectivity index (χ0) is 21.7. The lowest BCUT2D eigenvalue weighted by atomic mass is 9.78. The fourth-order valence-corrected chi connectivity index (χ4v) is 4.26. The summed E-state index contributed by atoms with van der Waals surface area (Å²) in [5.41, 5.74) is 0.991. The van der Waals surface area contributed by atoms with Gasteiger partial charge in [-0.1, -0.05) is 20.8 Å². The Bertz CT molecular complexity index is 704. The zero-order valence-corrected chi connectivity index (χ0v) is 19.4. The Labute approximate surface area is 181 Å². The summed E-state index contributed by atoms with van der Waals surface area (Å²) in [6, 6.07) is 2.55. The smallest absolute Gasteiger partial charge is 0.217 e. The largest absolute Gasteiger partial charge is 0.384 e. The molecular weight excluding hydrogens is 378 g/mol. The molecule has 2 fully saturated rings. The third-order valence-electron chi connectivity index (χ3n) is 6.19. The fraction of sp³-hybridized carbons (Fsp3) is 0.783. The summed E-state index contributed by atoms with van der Waals surface area (Å²) >= 11 is 0. The lowest BCUT2D eigenvalue weighted by molar-refractivity contribution is -0.120. The van der Waals surface area contributed by atoms with E-state index in [1.165, 1.54) is 6.42 Å². The van der Waals surface area contributed by atoms with E-state index in [-0.39, 0.29) is 11.3 Å². The van der Waals surface area contributed by atoms with E-state index in [1.54, 1.807) is 14.0 Å². The molecule has 1 aliphatic carbocycles. The summed E-state index contributed by atoms with van der Waals surface area (Å²) in [6.07, 6.45) is 4.33. The maximum Gasteiger partial charge on any atom is 0.217 e. The number of anilines is 1. The molecule has 0 bridgehead atoms. The number of hydrogen-bond donors (Lipinski definition) is 1. The highest BCUT2D eigenvalue weighted by atomic mass is 16.5. The minimum absolute atomic E-state index is 0.0719. The Hall–Kier alpha value is -1.73. The number of nitrogens with one attached hydrogen (secondary N) is 1. The Kier molecular flexibility index (Phi) is 7.69. The monoisotopic (exact) mass is 417 g/mol. The van der Waals surface area contributed by atoms with Crippen LogP contribution in [0, 0.1) is 5.92 Å². The van der Waals surface area contributed by atoms with Gasteiger partial charge in [0.05, 0.1) is 6.61 Å². The molecule has 168 valence electrons. The van der Waals surface area contributed by atoms with Gasteiger partial charge in [0.1, 0.15) is 11.6 Å². The first-order valence-corrected chi connectivity index (χ1v) is 11.4. The normalized spacial score (nSPS) is 22.6. The van der Waals surface area contributed by atoms with Gasteiger partial charge in [0.2, 0.25) is 5.91 Å². The van der Waals surface area contributed by atoms with E-state index < -0.39 is 0 Å². The van der Waals surface area contributed by atoms with E-state index in [9.17, 15) is 4.79 Å². The minimum atomic E-state index is -0.0719. The van der Waals surface area contributed by atoms with Gasteiger partial charge in [-0.15, -0.1) is 0 Å².